The molecule has 0 N–H and O–H groups in total. The van der Waals surface area contributed by atoms with Crippen LogP contribution in [0.3, 0.4) is 0 Å². The molecular formula is C14H10BrNO4. The molecule has 0 unspecified atom stereocenters. The summed E-state index contributed by atoms with van der Waals surface area (Å²) >= 11 is 3.28. The number of carbonyl (C=O) groups excluding carboxylic acids is 1. The van der Waals surface area contributed by atoms with Crippen molar-refractivity contribution in [3.8, 4) is 5.75 Å². The molecule has 20 heavy (non-hydrogen) atoms. The standard InChI is InChI=1S/C14H10BrNO4/c15-11-7-5-10(6-8-11)13(17)9-20-14-4-2-1-3-12(14)16(18)19/h1-8H,9H2. The number of ketones is 1. The Labute approximate surface area is 123 Å². The van der Waals surface area contributed by atoms with Gasteiger partial charge in [0.25, 0.3) is 0 Å². The van der Waals surface area contributed by atoms with Crippen LogP contribution in [0.15, 0.2) is 53.0 Å². The summed E-state index contributed by atoms with van der Waals surface area (Å²) in [5.41, 5.74) is 0.336. The monoisotopic (exact) mass is 335 g/mol. The van der Waals surface area contributed by atoms with E-state index in [0.717, 1.165) is 4.47 Å². The lowest BCUT2D eigenvalue weighted by atomic mass is 10.1. The minimum absolute atomic E-state index is 0.0861. The Balaban J connectivity index is 2.07. The first-order valence-corrected chi connectivity index (χ1v) is 6.52. The third kappa shape index (κ3) is 3.42. The van der Waals surface area contributed by atoms with Crippen molar-refractivity contribution in [1.82, 2.24) is 0 Å². The van der Waals surface area contributed by atoms with Crippen LogP contribution in [0.25, 0.3) is 0 Å². The highest BCUT2D eigenvalue weighted by Gasteiger charge is 2.15. The fourth-order valence-electron chi connectivity index (χ4n) is 1.59. The zero-order valence-electron chi connectivity index (χ0n) is 10.3. The van der Waals surface area contributed by atoms with Gasteiger partial charge in [0, 0.05) is 16.1 Å². The van der Waals surface area contributed by atoms with Crippen LogP contribution in [0.4, 0.5) is 5.69 Å². The van der Waals surface area contributed by atoms with Gasteiger partial charge >= 0.3 is 5.69 Å². The van der Waals surface area contributed by atoms with Crippen LogP contribution in [0.1, 0.15) is 10.4 Å². The van der Waals surface area contributed by atoms with E-state index in [2.05, 4.69) is 15.9 Å². The zero-order chi connectivity index (χ0) is 14.5. The van der Waals surface area contributed by atoms with Crippen molar-refractivity contribution < 1.29 is 14.5 Å². The first-order chi connectivity index (χ1) is 9.58. The van der Waals surface area contributed by atoms with Crippen molar-refractivity contribution in [3.05, 3.63) is 68.7 Å². The van der Waals surface area contributed by atoms with E-state index >= 15 is 0 Å². The number of hydrogen-bond donors (Lipinski definition) is 0. The molecular weight excluding hydrogens is 326 g/mol. The molecule has 102 valence electrons. The molecule has 0 aromatic heterocycles. The summed E-state index contributed by atoms with van der Waals surface area (Å²) in [6, 6.07) is 12.8. The molecule has 0 saturated carbocycles. The van der Waals surface area contributed by atoms with Crippen molar-refractivity contribution in [2.24, 2.45) is 0 Å². The van der Waals surface area contributed by atoms with Crippen molar-refractivity contribution in [2.75, 3.05) is 6.61 Å². The van der Waals surface area contributed by atoms with Crippen LogP contribution in [0.5, 0.6) is 5.75 Å². The van der Waals surface area contributed by atoms with Crippen LogP contribution < -0.4 is 4.74 Å². The summed E-state index contributed by atoms with van der Waals surface area (Å²) in [5, 5.41) is 10.8. The number of nitro benzene ring substituents is 1. The summed E-state index contributed by atoms with van der Waals surface area (Å²) in [6.45, 7) is -0.244. The summed E-state index contributed by atoms with van der Waals surface area (Å²) in [6.07, 6.45) is 0. The fraction of sp³-hybridized carbons (Fsp3) is 0.0714. The molecule has 2 aromatic carbocycles. The minimum Gasteiger partial charge on any atom is -0.478 e. The first kappa shape index (κ1) is 14.2. The molecule has 0 aliphatic heterocycles. The lowest BCUT2D eigenvalue weighted by Gasteiger charge is -2.06. The Morgan fingerprint density at radius 3 is 2.45 bits per heavy atom. The maximum Gasteiger partial charge on any atom is 0.310 e. The second kappa shape index (κ2) is 6.29. The highest BCUT2D eigenvalue weighted by molar-refractivity contribution is 9.10. The molecule has 0 radical (unpaired) electrons. The second-order valence-electron chi connectivity index (χ2n) is 3.94. The Bertz CT molecular complexity index is 640. The molecule has 0 saturated heterocycles. The van der Waals surface area contributed by atoms with Gasteiger partial charge < -0.3 is 4.74 Å². The number of nitrogens with zero attached hydrogens (tertiary/aromatic N) is 1. The van der Waals surface area contributed by atoms with Crippen LogP contribution in [0.2, 0.25) is 0 Å². The van der Waals surface area contributed by atoms with Gasteiger partial charge in [-0.3, -0.25) is 14.9 Å². The van der Waals surface area contributed by atoms with Crippen molar-refractivity contribution in [3.63, 3.8) is 0 Å². The molecule has 6 heteroatoms. The van der Waals surface area contributed by atoms with E-state index in [4.69, 9.17) is 4.74 Å². The number of rotatable bonds is 5. The molecule has 0 spiro atoms. The highest BCUT2D eigenvalue weighted by atomic mass is 79.9. The summed E-state index contributed by atoms with van der Waals surface area (Å²) in [5.74, 6) is -0.154. The number of ether oxygens (including phenoxy) is 1. The summed E-state index contributed by atoms with van der Waals surface area (Å²) in [4.78, 5) is 22.2. The van der Waals surface area contributed by atoms with Gasteiger partial charge in [-0.05, 0) is 18.2 Å². The van der Waals surface area contributed by atoms with E-state index in [-0.39, 0.29) is 23.8 Å². The normalized spacial score (nSPS) is 10.1. The number of hydrogen-bond acceptors (Lipinski definition) is 4. The maximum atomic E-state index is 11.9. The number of carbonyl (C=O) groups is 1. The van der Waals surface area contributed by atoms with Crippen molar-refractivity contribution >= 4 is 27.4 Å². The lowest BCUT2D eigenvalue weighted by molar-refractivity contribution is -0.385. The number of para-hydroxylation sites is 2. The predicted molar refractivity (Wildman–Crippen MR) is 77.1 cm³/mol. The molecule has 2 aromatic rings. The summed E-state index contributed by atoms with van der Waals surface area (Å²) < 4.78 is 6.11. The summed E-state index contributed by atoms with van der Waals surface area (Å²) in [7, 11) is 0. The largest absolute Gasteiger partial charge is 0.478 e. The average molecular weight is 336 g/mol. The number of Topliss-reactive ketones (excluding diaryl/α,β-unsaturated/α-hetero) is 1. The van der Waals surface area contributed by atoms with Gasteiger partial charge in [-0.2, -0.15) is 0 Å². The molecule has 0 atom stereocenters. The predicted octanol–water partition coefficient (Wildman–Crippen LogP) is 3.62. The highest BCUT2D eigenvalue weighted by Crippen LogP contribution is 2.25. The Morgan fingerprint density at radius 2 is 1.80 bits per heavy atom. The van der Waals surface area contributed by atoms with Gasteiger partial charge in [-0.15, -0.1) is 0 Å². The molecule has 0 bridgehead atoms. The molecule has 0 aliphatic carbocycles. The molecule has 0 amide bonds. The molecule has 0 heterocycles. The van der Waals surface area contributed by atoms with Gasteiger partial charge in [-0.1, -0.05) is 40.2 Å². The SMILES string of the molecule is O=C(COc1ccccc1[N+](=O)[O-])c1ccc(Br)cc1. The smallest absolute Gasteiger partial charge is 0.310 e. The molecule has 0 fully saturated rings. The Morgan fingerprint density at radius 1 is 1.15 bits per heavy atom. The minimum atomic E-state index is -0.542. The van der Waals surface area contributed by atoms with Gasteiger partial charge in [0.05, 0.1) is 4.92 Å². The quantitative estimate of drug-likeness (QED) is 0.475. The second-order valence-corrected chi connectivity index (χ2v) is 4.86. The van der Waals surface area contributed by atoms with E-state index < -0.39 is 4.92 Å². The van der Waals surface area contributed by atoms with Gasteiger partial charge in [0.1, 0.15) is 0 Å². The van der Waals surface area contributed by atoms with E-state index in [1.807, 2.05) is 0 Å². The lowest BCUT2D eigenvalue weighted by Crippen LogP contribution is -2.12. The maximum absolute atomic E-state index is 11.9. The molecule has 2 rings (SSSR count). The van der Waals surface area contributed by atoms with Crippen LogP contribution in [-0.4, -0.2) is 17.3 Å². The van der Waals surface area contributed by atoms with Gasteiger partial charge in [0.2, 0.25) is 0 Å². The number of nitro groups is 1. The van der Waals surface area contributed by atoms with E-state index in [0.29, 0.717) is 5.56 Å². The average Bonchev–Trinajstić information content (AvgIpc) is 2.45. The Hall–Kier alpha value is -2.21. The third-order valence-corrected chi connectivity index (χ3v) is 3.12. The van der Waals surface area contributed by atoms with E-state index in [1.165, 1.54) is 12.1 Å². The van der Waals surface area contributed by atoms with Crippen LogP contribution in [0, 0.1) is 10.1 Å². The van der Waals surface area contributed by atoms with Gasteiger partial charge in [-0.25, -0.2) is 0 Å². The number of benzene rings is 2. The van der Waals surface area contributed by atoms with Crippen LogP contribution >= 0.6 is 15.9 Å². The molecule has 5 nitrogen and oxygen atoms in total. The van der Waals surface area contributed by atoms with Crippen molar-refractivity contribution in [2.45, 2.75) is 0 Å². The van der Waals surface area contributed by atoms with E-state index in [1.54, 1.807) is 36.4 Å². The zero-order valence-corrected chi connectivity index (χ0v) is 11.9. The fourth-order valence-corrected chi connectivity index (χ4v) is 1.86. The first-order valence-electron chi connectivity index (χ1n) is 5.73. The van der Waals surface area contributed by atoms with E-state index in [9.17, 15) is 14.9 Å². The topological polar surface area (TPSA) is 69.4 Å². The van der Waals surface area contributed by atoms with Crippen LogP contribution in [-0.2, 0) is 0 Å². The van der Waals surface area contributed by atoms with Crippen molar-refractivity contribution in [1.29, 1.82) is 0 Å². The third-order valence-electron chi connectivity index (χ3n) is 2.59. The number of halogens is 1. The Kier molecular flexibility index (Phi) is 4.47. The molecule has 0 aliphatic rings. The van der Waals surface area contributed by atoms with Gasteiger partial charge in [0.15, 0.2) is 18.1 Å².